The standard InChI is InChI=1S/C18H25N5OS/c1-22(2)18(24)17-9-15(19-12-20-17)8-14-4-3-6-23(7-5-14)10-16-11-25-13-21-16/h9,11-14H,3-8,10H2,1-2H3/t14-/m0/s1. The monoisotopic (exact) mass is 359 g/mol. The van der Waals surface area contributed by atoms with E-state index >= 15 is 0 Å². The molecule has 1 amide bonds. The van der Waals surface area contributed by atoms with E-state index in [4.69, 9.17) is 0 Å². The number of nitrogens with zero attached hydrogens (tertiary/aromatic N) is 5. The quantitative estimate of drug-likeness (QED) is 0.821. The van der Waals surface area contributed by atoms with E-state index in [-0.39, 0.29) is 5.91 Å². The summed E-state index contributed by atoms with van der Waals surface area (Å²) < 4.78 is 0. The molecule has 1 atom stereocenters. The first-order valence-corrected chi connectivity index (χ1v) is 9.68. The number of aromatic nitrogens is 3. The molecule has 3 rings (SSSR count). The maximum Gasteiger partial charge on any atom is 0.272 e. The van der Waals surface area contributed by atoms with Crippen LogP contribution in [0.15, 0.2) is 23.3 Å². The van der Waals surface area contributed by atoms with Crippen molar-refractivity contribution in [3.05, 3.63) is 40.4 Å². The Balaban J connectivity index is 1.56. The van der Waals surface area contributed by atoms with Crippen LogP contribution in [-0.4, -0.2) is 57.8 Å². The second-order valence-corrected chi connectivity index (χ2v) is 7.57. The highest BCUT2D eigenvalue weighted by atomic mass is 32.1. The van der Waals surface area contributed by atoms with Crippen LogP contribution < -0.4 is 0 Å². The molecular weight excluding hydrogens is 334 g/mol. The molecule has 0 bridgehead atoms. The molecule has 134 valence electrons. The zero-order chi connectivity index (χ0) is 17.6. The van der Waals surface area contributed by atoms with Gasteiger partial charge in [0, 0.05) is 31.7 Å². The third kappa shape index (κ3) is 5.06. The first kappa shape index (κ1) is 17.9. The largest absolute Gasteiger partial charge is 0.343 e. The third-order valence-electron chi connectivity index (χ3n) is 4.66. The molecule has 7 heteroatoms. The lowest BCUT2D eigenvalue weighted by molar-refractivity contribution is 0.0821. The van der Waals surface area contributed by atoms with Crippen molar-refractivity contribution in [1.29, 1.82) is 0 Å². The molecule has 2 aromatic heterocycles. The van der Waals surface area contributed by atoms with Gasteiger partial charge in [-0.25, -0.2) is 15.0 Å². The van der Waals surface area contributed by atoms with Crippen molar-refractivity contribution in [3.63, 3.8) is 0 Å². The summed E-state index contributed by atoms with van der Waals surface area (Å²) in [6.45, 7) is 3.17. The van der Waals surface area contributed by atoms with Crippen molar-refractivity contribution in [1.82, 2.24) is 24.8 Å². The van der Waals surface area contributed by atoms with E-state index in [1.54, 1.807) is 30.3 Å². The normalized spacial score (nSPS) is 18.7. The summed E-state index contributed by atoms with van der Waals surface area (Å²) in [6.07, 6.45) is 5.99. The van der Waals surface area contributed by atoms with Crippen LogP contribution in [0.5, 0.6) is 0 Å². The van der Waals surface area contributed by atoms with Gasteiger partial charge in [0.1, 0.15) is 12.0 Å². The molecule has 0 aromatic carbocycles. The van der Waals surface area contributed by atoms with Gasteiger partial charge in [0.2, 0.25) is 0 Å². The van der Waals surface area contributed by atoms with Crippen LogP contribution in [0.25, 0.3) is 0 Å². The number of hydrogen-bond acceptors (Lipinski definition) is 6. The molecule has 3 heterocycles. The van der Waals surface area contributed by atoms with Gasteiger partial charge in [0.15, 0.2) is 0 Å². The number of hydrogen-bond donors (Lipinski definition) is 0. The number of amides is 1. The van der Waals surface area contributed by atoms with Crippen LogP contribution in [0.4, 0.5) is 0 Å². The van der Waals surface area contributed by atoms with Crippen molar-refractivity contribution < 1.29 is 4.79 Å². The minimum Gasteiger partial charge on any atom is -0.343 e. The highest BCUT2D eigenvalue weighted by molar-refractivity contribution is 7.07. The molecule has 1 aliphatic heterocycles. The molecule has 0 spiro atoms. The van der Waals surface area contributed by atoms with E-state index < -0.39 is 0 Å². The maximum absolute atomic E-state index is 12.1. The van der Waals surface area contributed by atoms with Crippen LogP contribution in [-0.2, 0) is 13.0 Å². The fourth-order valence-electron chi connectivity index (χ4n) is 3.28. The average molecular weight is 359 g/mol. The minimum absolute atomic E-state index is 0.0704. The third-order valence-corrected chi connectivity index (χ3v) is 5.29. The van der Waals surface area contributed by atoms with Crippen LogP contribution >= 0.6 is 11.3 Å². The van der Waals surface area contributed by atoms with Crippen LogP contribution in [0.1, 0.15) is 41.1 Å². The molecule has 6 nitrogen and oxygen atoms in total. The topological polar surface area (TPSA) is 62.2 Å². The molecule has 25 heavy (non-hydrogen) atoms. The SMILES string of the molecule is CN(C)C(=O)c1cc(C[C@H]2CCCN(Cc3cscn3)CC2)ncn1. The average Bonchev–Trinajstić information content (AvgIpc) is 3.02. The minimum atomic E-state index is -0.0704. The molecular formula is C18H25N5OS. The second kappa shape index (κ2) is 8.49. The van der Waals surface area contributed by atoms with E-state index in [9.17, 15) is 4.79 Å². The van der Waals surface area contributed by atoms with Gasteiger partial charge in [0.25, 0.3) is 5.91 Å². The smallest absolute Gasteiger partial charge is 0.272 e. The highest BCUT2D eigenvalue weighted by Gasteiger charge is 2.19. The first-order chi connectivity index (χ1) is 12.1. The van der Waals surface area contributed by atoms with Crippen LogP contribution in [0.3, 0.4) is 0 Å². The van der Waals surface area contributed by atoms with E-state index in [0.717, 1.165) is 38.2 Å². The van der Waals surface area contributed by atoms with Crippen molar-refractivity contribution in [2.24, 2.45) is 5.92 Å². The van der Waals surface area contributed by atoms with Gasteiger partial charge in [0.05, 0.1) is 11.2 Å². The fourth-order valence-corrected chi connectivity index (χ4v) is 3.83. The first-order valence-electron chi connectivity index (χ1n) is 8.74. The molecule has 0 unspecified atom stereocenters. The molecule has 1 fully saturated rings. The predicted octanol–water partition coefficient (Wildman–Crippen LogP) is 2.48. The lowest BCUT2D eigenvalue weighted by atomic mass is 9.95. The van der Waals surface area contributed by atoms with E-state index in [0.29, 0.717) is 11.6 Å². The predicted molar refractivity (Wildman–Crippen MR) is 98.5 cm³/mol. The number of likely N-dealkylation sites (tertiary alicyclic amines) is 1. The van der Waals surface area contributed by atoms with E-state index in [1.165, 1.54) is 24.9 Å². The molecule has 0 radical (unpaired) electrons. The Labute approximate surface area is 152 Å². The van der Waals surface area contributed by atoms with Gasteiger partial charge in [-0.3, -0.25) is 9.69 Å². The molecule has 1 aliphatic rings. The molecule has 0 N–H and O–H groups in total. The fraction of sp³-hybridized carbons (Fsp3) is 0.556. The van der Waals surface area contributed by atoms with Gasteiger partial charge < -0.3 is 4.90 Å². The summed E-state index contributed by atoms with van der Waals surface area (Å²) in [5.74, 6) is 0.539. The highest BCUT2D eigenvalue weighted by Crippen LogP contribution is 2.22. The maximum atomic E-state index is 12.1. The second-order valence-electron chi connectivity index (χ2n) is 6.85. The Morgan fingerprint density at radius 2 is 2.12 bits per heavy atom. The lowest BCUT2D eigenvalue weighted by Gasteiger charge is -2.19. The number of carbonyl (C=O) groups is 1. The Kier molecular flexibility index (Phi) is 6.09. The molecule has 0 saturated carbocycles. The van der Waals surface area contributed by atoms with Gasteiger partial charge >= 0.3 is 0 Å². The van der Waals surface area contributed by atoms with Gasteiger partial charge in [-0.05, 0) is 50.8 Å². The van der Waals surface area contributed by atoms with Gasteiger partial charge in [-0.2, -0.15) is 0 Å². The molecule has 0 aliphatic carbocycles. The lowest BCUT2D eigenvalue weighted by Crippen LogP contribution is -2.24. The van der Waals surface area contributed by atoms with Crippen LogP contribution in [0, 0.1) is 5.92 Å². The Morgan fingerprint density at radius 3 is 2.88 bits per heavy atom. The summed E-state index contributed by atoms with van der Waals surface area (Å²) in [6, 6.07) is 1.85. The summed E-state index contributed by atoms with van der Waals surface area (Å²) in [5.41, 5.74) is 4.52. The Morgan fingerprint density at radius 1 is 1.24 bits per heavy atom. The van der Waals surface area contributed by atoms with E-state index in [1.807, 2.05) is 11.6 Å². The zero-order valence-electron chi connectivity index (χ0n) is 14.9. The van der Waals surface area contributed by atoms with Crippen molar-refractivity contribution in [2.45, 2.75) is 32.2 Å². The molecule has 1 saturated heterocycles. The van der Waals surface area contributed by atoms with Crippen LogP contribution in [0.2, 0.25) is 0 Å². The van der Waals surface area contributed by atoms with Gasteiger partial charge in [-0.1, -0.05) is 0 Å². The summed E-state index contributed by atoms with van der Waals surface area (Å²) in [4.78, 5) is 29.0. The van der Waals surface area contributed by atoms with Crippen molar-refractivity contribution in [2.75, 3.05) is 27.2 Å². The number of carbonyl (C=O) groups excluding carboxylic acids is 1. The summed E-state index contributed by atoms with van der Waals surface area (Å²) in [7, 11) is 3.48. The number of thiazole rings is 1. The Bertz CT molecular complexity index is 689. The van der Waals surface area contributed by atoms with Crippen molar-refractivity contribution in [3.8, 4) is 0 Å². The van der Waals surface area contributed by atoms with Crippen molar-refractivity contribution >= 4 is 17.2 Å². The molecule has 2 aromatic rings. The summed E-state index contributed by atoms with van der Waals surface area (Å²) in [5, 5.41) is 2.13. The summed E-state index contributed by atoms with van der Waals surface area (Å²) >= 11 is 1.66. The number of rotatable bonds is 5. The Hall–Kier alpha value is -1.86. The van der Waals surface area contributed by atoms with Gasteiger partial charge in [-0.15, -0.1) is 11.3 Å². The zero-order valence-corrected chi connectivity index (χ0v) is 15.7. The van der Waals surface area contributed by atoms with E-state index in [2.05, 4.69) is 25.2 Å².